The first-order valence-corrected chi connectivity index (χ1v) is 5.23. The molecule has 88 valence electrons. The van der Waals surface area contributed by atoms with Crippen LogP contribution >= 0.6 is 0 Å². The minimum absolute atomic E-state index is 0.0838. The van der Waals surface area contributed by atoms with Crippen LogP contribution in [-0.4, -0.2) is 5.97 Å². The third kappa shape index (κ3) is 2.53. The van der Waals surface area contributed by atoms with E-state index < -0.39 is 5.63 Å². The Kier molecular flexibility index (Phi) is 2.95. The number of hydrogen-bond donors (Lipinski definition) is 0. The average molecular weight is 232 g/mol. The van der Waals surface area contributed by atoms with Crippen molar-refractivity contribution in [3.63, 3.8) is 0 Å². The first-order chi connectivity index (χ1) is 8.06. The molecule has 0 aliphatic carbocycles. The van der Waals surface area contributed by atoms with Crippen LogP contribution < -0.4 is 5.63 Å². The van der Waals surface area contributed by atoms with E-state index >= 15 is 0 Å². The van der Waals surface area contributed by atoms with Crippen LogP contribution in [0.25, 0.3) is 11.0 Å². The number of carbonyl (C=O) groups is 1. The molecule has 0 aliphatic heterocycles. The van der Waals surface area contributed by atoms with Crippen LogP contribution in [0.15, 0.2) is 33.5 Å². The maximum Gasteiger partial charge on any atom is 0.336 e. The summed E-state index contributed by atoms with van der Waals surface area (Å²) >= 11 is 0. The summed E-state index contributed by atoms with van der Waals surface area (Å²) in [5.74, 6) is -0.376. The van der Waals surface area contributed by atoms with Gasteiger partial charge in [0.2, 0.25) is 0 Å². The first-order valence-electron chi connectivity index (χ1n) is 5.23. The summed E-state index contributed by atoms with van der Waals surface area (Å²) in [4.78, 5) is 22.1. The second-order valence-electron chi connectivity index (χ2n) is 3.87. The van der Waals surface area contributed by atoms with Gasteiger partial charge in [0.25, 0.3) is 0 Å². The van der Waals surface area contributed by atoms with Crippen LogP contribution in [-0.2, 0) is 16.1 Å². The number of carbonyl (C=O) groups excluding carboxylic acids is 1. The fourth-order valence-electron chi connectivity index (χ4n) is 1.64. The zero-order chi connectivity index (χ0) is 12.4. The van der Waals surface area contributed by atoms with Crippen molar-refractivity contribution < 1.29 is 13.9 Å². The van der Waals surface area contributed by atoms with Gasteiger partial charge < -0.3 is 9.15 Å². The molecule has 1 heterocycles. The monoisotopic (exact) mass is 232 g/mol. The van der Waals surface area contributed by atoms with E-state index in [-0.39, 0.29) is 12.6 Å². The molecule has 1 aromatic heterocycles. The highest BCUT2D eigenvalue weighted by atomic mass is 16.5. The van der Waals surface area contributed by atoms with E-state index in [0.717, 1.165) is 10.9 Å². The molecule has 4 heteroatoms. The van der Waals surface area contributed by atoms with Crippen molar-refractivity contribution in [3.8, 4) is 0 Å². The third-order valence-corrected chi connectivity index (χ3v) is 2.42. The van der Waals surface area contributed by atoms with E-state index in [2.05, 4.69) is 0 Å². The van der Waals surface area contributed by atoms with Crippen LogP contribution in [0.3, 0.4) is 0 Å². The van der Waals surface area contributed by atoms with Gasteiger partial charge >= 0.3 is 11.6 Å². The largest absolute Gasteiger partial charge is 0.461 e. The molecule has 0 saturated carbocycles. The van der Waals surface area contributed by atoms with Gasteiger partial charge in [-0.25, -0.2) is 4.79 Å². The molecule has 2 aromatic rings. The summed E-state index contributed by atoms with van der Waals surface area (Å²) in [6.45, 7) is 3.33. The molecular formula is C13H12O4. The lowest BCUT2D eigenvalue weighted by atomic mass is 10.1. The molecule has 17 heavy (non-hydrogen) atoms. The number of aryl methyl sites for hydroxylation is 1. The molecule has 0 aliphatic rings. The molecule has 4 nitrogen and oxygen atoms in total. The Hall–Kier alpha value is -2.10. The smallest absolute Gasteiger partial charge is 0.336 e. The molecule has 1 aromatic carbocycles. The lowest BCUT2D eigenvalue weighted by Gasteiger charge is -2.05. The van der Waals surface area contributed by atoms with E-state index in [0.29, 0.717) is 11.1 Å². The third-order valence-electron chi connectivity index (χ3n) is 2.42. The minimum Gasteiger partial charge on any atom is -0.461 e. The molecule has 0 N–H and O–H groups in total. The molecule has 0 spiro atoms. The maximum atomic E-state index is 11.4. The van der Waals surface area contributed by atoms with Crippen LogP contribution in [0.4, 0.5) is 0 Å². The highest BCUT2D eigenvalue weighted by molar-refractivity contribution is 5.80. The van der Waals surface area contributed by atoms with Crippen LogP contribution in [0.5, 0.6) is 0 Å². The van der Waals surface area contributed by atoms with Gasteiger partial charge in [-0.15, -0.1) is 0 Å². The van der Waals surface area contributed by atoms with Gasteiger partial charge in [0.15, 0.2) is 0 Å². The maximum absolute atomic E-state index is 11.4. The topological polar surface area (TPSA) is 56.5 Å². The number of rotatable bonds is 2. The lowest BCUT2D eigenvalue weighted by Crippen LogP contribution is -2.04. The molecule has 0 saturated heterocycles. The van der Waals surface area contributed by atoms with Crippen molar-refractivity contribution in [1.82, 2.24) is 0 Å². The standard InChI is InChI=1S/C13H12O4/c1-8-3-4-11-10(7-16-9(2)14)6-13(15)17-12(11)5-8/h3-6H,7H2,1-2H3. The summed E-state index contributed by atoms with van der Waals surface area (Å²) in [6, 6.07) is 6.90. The summed E-state index contributed by atoms with van der Waals surface area (Å²) in [6.07, 6.45) is 0. The van der Waals surface area contributed by atoms with Crippen LogP contribution in [0, 0.1) is 6.92 Å². The predicted molar refractivity (Wildman–Crippen MR) is 62.7 cm³/mol. The van der Waals surface area contributed by atoms with E-state index in [1.165, 1.54) is 13.0 Å². The molecule has 0 unspecified atom stereocenters. The molecule has 2 rings (SSSR count). The summed E-state index contributed by atoms with van der Waals surface area (Å²) in [5, 5.41) is 0.788. The van der Waals surface area contributed by atoms with Crippen molar-refractivity contribution in [1.29, 1.82) is 0 Å². The molecule has 0 atom stereocenters. The average Bonchev–Trinajstić information content (AvgIpc) is 2.24. The second kappa shape index (κ2) is 4.41. The number of esters is 1. The van der Waals surface area contributed by atoms with Gasteiger partial charge in [-0.3, -0.25) is 4.79 Å². The SMILES string of the molecule is CC(=O)OCc1cc(=O)oc2cc(C)ccc12. The normalized spacial score (nSPS) is 10.5. The highest BCUT2D eigenvalue weighted by Gasteiger charge is 2.07. The Morgan fingerprint density at radius 3 is 2.82 bits per heavy atom. The second-order valence-corrected chi connectivity index (χ2v) is 3.87. The number of hydrogen-bond acceptors (Lipinski definition) is 4. The first kappa shape index (κ1) is 11.4. The van der Waals surface area contributed by atoms with Crippen LogP contribution in [0.1, 0.15) is 18.1 Å². The fraction of sp³-hybridized carbons (Fsp3) is 0.231. The Morgan fingerprint density at radius 2 is 2.12 bits per heavy atom. The number of benzene rings is 1. The highest BCUT2D eigenvalue weighted by Crippen LogP contribution is 2.19. The van der Waals surface area contributed by atoms with E-state index in [9.17, 15) is 9.59 Å². The Balaban J connectivity index is 2.53. The van der Waals surface area contributed by atoms with Crippen molar-refractivity contribution in [2.45, 2.75) is 20.5 Å². The summed E-state index contributed by atoms with van der Waals surface area (Å²) in [7, 11) is 0. The van der Waals surface area contributed by atoms with E-state index in [1.54, 1.807) is 6.07 Å². The van der Waals surface area contributed by atoms with E-state index in [1.807, 2.05) is 19.1 Å². The Labute approximate surface area is 97.8 Å². The zero-order valence-corrected chi connectivity index (χ0v) is 9.65. The quantitative estimate of drug-likeness (QED) is 0.588. The van der Waals surface area contributed by atoms with Gasteiger partial charge in [0.05, 0.1) is 0 Å². The predicted octanol–water partition coefficient (Wildman–Crippen LogP) is 2.16. The van der Waals surface area contributed by atoms with Gasteiger partial charge in [-0.05, 0) is 18.6 Å². The van der Waals surface area contributed by atoms with Gasteiger partial charge in [-0.2, -0.15) is 0 Å². The van der Waals surface area contributed by atoms with Crippen molar-refractivity contribution in [2.24, 2.45) is 0 Å². The number of ether oxygens (including phenoxy) is 1. The van der Waals surface area contributed by atoms with Gasteiger partial charge in [-0.1, -0.05) is 12.1 Å². The Bertz CT molecular complexity index is 625. The van der Waals surface area contributed by atoms with Crippen molar-refractivity contribution >= 4 is 16.9 Å². The van der Waals surface area contributed by atoms with Gasteiger partial charge in [0.1, 0.15) is 12.2 Å². The number of fused-ring (bicyclic) bond motifs is 1. The molecule has 0 bridgehead atoms. The summed E-state index contributed by atoms with van der Waals surface area (Å²) < 4.78 is 10.00. The fourth-order valence-corrected chi connectivity index (χ4v) is 1.64. The summed E-state index contributed by atoms with van der Waals surface area (Å²) in [5.41, 5.74) is 1.74. The Morgan fingerprint density at radius 1 is 1.35 bits per heavy atom. The zero-order valence-electron chi connectivity index (χ0n) is 9.65. The van der Waals surface area contributed by atoms with Crippen molar-refractivity contribution in [2.75, 3.05) is 0 Å². The molecular weight excluding hydrogens is 220 g/mol. The molecule has 0 amide bonds. The molecule has 0 radical (unpaired) electrons. The van der Waals surface area contributed by atoms with E-state index in [4.69, 9.17) is 9.15 Å². The lowest BCUT2D eigenvalue weighted by molar-refractivity contribution is -0.142. The van der Waals surface area contributed by atoms with Gasteiger partial charge in [0, 0.05) is 23.9 Å². The van der Waals surface area contributed by atoms with Crippen LogP contribution in [0.2, 0.25) is 0 Å². The van der Waals surface area contributed by atoms with Crippen molar-refractivity contribution in [3.05, 3.63) is 45.8 Å². The minimum atomic E-state index is -0.440. The molecule has 0 fully saturated rings.